The van der Waals surface area contributed by atoms with Crippen molar-refractivity contribution < 1.29 is 13.9 Å². The molecule has 1 atom stereocenters. The third kappa shape index (κ3) is 2.49. The van der Waals surface area contributed by atoms with E-state index in [0.29, 0.717) is 0 Å². The zero-order chi connectivity index (χ0) is 14.1. The molecule has 0 N–H and O–H groups in total. The molecule has 0 spiro atoms. The number of rotatable bonds is 2. The lowest BCUT2D eigenvalue weighted by Gasteiger charge is -2.21. The molecule has 1 aliphatic carbocycles. The van der Waals surface area contributed by atoms with Gasteiger partial charge in [0.1, 0.15) is 17.6 Å². The van der Waals surface area contributed by atoms with Crippen LogP contribution in [0.2, 0.25) is 0 Å². The number of hydrogen-bond acceptors (Lipinski definition) is 3. The monoisotopic (exact) mass is 382 g/mol. The molecule has 0 unspecified atom stereocenters. The molecule has 3 rings (SSSR count). The van der Waals surface area contributed by atoms with E-state index < -0.39 is 0 Å². The zero-order valence-electron chi connectivity index (χ0n) is 11.2. The van der Waals surface area contributed by atoms with E-state index in [1.807, 2.05) is 30.3 Å². The Bertz CT molecular complexity index is 631. The van der Waals surface area contributed by atoms with Crippen molar-refractivity contribution in [2.45, 2.75) is 32.3 Å². The summed E-state index contributed by atoms with van der Waals surface area (Å²) in [5.74, 6) is 1.61. The first-order valence-corrected chi connectivity index (χ1v) is 7.78. The zero-order valence-corrected chi connectivity index (χ0v) is 13.3. The van der Waals surface area contributed by atoms with Gasteiger partial charge in [-0.1, -0.05) is 30.3 Å². The second kappa shape index (κ2) is 5.60. The fraction of sp³-hybridized carbons (Fsp3) is 0.312. The predicted octanol–water partition coefficient (Wildman–Crippen LogP) is 4.49. The number of hydrogen-bond donors (Lipinski definition) is 0. The van der Waals surface area contributed by atoms with Crippen LogP contribution in [0.5, 0.6) is 0 Å². The number of carbonyl (C=O) groups excluding carboxylic acids is 1. The summed E-state index contributed by atoms with van der Waals surface area (Å²) in [4.78, 5) is 11.3. The first-order valence-electron chi connectivity index (χ1n) is 6.70. The number of halogens is 1. The van der Waals surface area contributed by atoms with Crippen molar-refractivity contribution in [1.82, 2.24) is 0 Å². The van der Waals surface area contributed by atoms with E-state index >= 15 is 0 Å². The summed E-state index contributed by atoms with van der Waals surface area (Å²) in [6.07, 6.45) is 2.61. The quantitative estimate of drug-likeness (QED) is 0.568. The Morgan fingerprint density at radius 1 is 1.35 bits per heavy atom. The topological polar surface area (TPSA) is 39.4 Å². The van der Waals surface area contributed by atoms with Gasteiger partial charge >= 0.3 is 5.97 Å². The fourth-order valence-corrected chi connectivity index (χ4v) is 3.73. The molecule has 1 heterocycles. The van der Waals surface area contributed by atoms with Gasteiger partial charge in [-0.2, -0.15) is 0 Å². The minimum absolute atomic E-state index is 0.163. The Kier molecular flexibility index (Phi) is 3.83. The summed E-state index contributed by atoms with van der Waals surface area (Å²) in [5, 5.41) is 0. The van der Waals surface area contributed by atoms with Crippen molar-refractivity contribution in [2.24, 2.45) is 0 Å². The van der Waals surface area contributed by atoms with Gasteiger partial charge in [0.25, 0.3) is 0 Å². The molecule has 104 valence electrons. The summed E-state index contributed by atoms with van der Waals surface area (Å²) in [7, 11) is 0. The van der Waals surface area contributed by atoms with Crippen LogP contribution in [-0.4, -0.2) is 5.97 Å². The van der Waals surface area contributed by atoms with E-state index in [4.69, 9.17) is 9.15 Å². The average Bonchev–Trinajstić information content (AvgIpc) is 2.78. The van der Waals surface area contributed by atoms with Crippen molar-refractivity contribution >= 4 is 28.6 Å². The van der Waals surface area contributed by atoms with Crippen LogP contribution in [-0.2, 0) is 16.0 Å². The third-order valence-electron chi connectivity index (χ3n) is 3.50. The van der Waals surface area contributed by atoms with Gasteiger partial charge in [-0.05, 0) is 35.4 Å². The predicted molar refractivity (Wildman–Crippen MR) is 84.3 cm³/mol. The molecule has 0 bridgehead atoms. The second-order valence-corrected chi connectivity index (χ2v) is 6.02. The summed E-state index contributed by atoms with van der Waals surface area (Å²) >= 11 is 2.30. The SMILES string of the molecule is CC(=O)O[C@@H]1CCCc2oc(-c3ccccc3)c(I)c21. The van der Waals surface area contributed by atoms with E-state index in [9.17, 15) is 4.79 Å². The first kappa shape index (κ1) is 13.7. The molecule has 3 nitrogen and oxygen atoms in total. The molecule has 0 radical (unpaired) electrons. The van der Waals surface area contributed by atoms with Crippen LogP contribution in [0.15, 0.2) is 34.7 Å². The normalized spacial score (nSPS) is 17.6. The molecule has 1 aliphatic rings. The van der Waals surface area contributed by atoms with Crippen molar-refractivity contribution in [3.63, 3.8) is 0 Å². The fourth-order valence-electron chi connectivity index (χ4n) is 2.66. The van der Waals surface area contributed by atoms with E-state index in [2.05, 4.69) is 22.6 Å². The highest BCUT2D eigenvalue weighted by molar-refractivity contribution is 14.1. The lowest BCUT2D eigenvalue weighted by atomic mass is 9.95. The van der Waals surface area contributed by atoms with E-state index in [1.54, 1.807) is 0 Å². The standard InChI is InChI=1S/C16H15IO3/c1-10(18)19-12-8-5-9-13-14(12)15(17)16(20-13)11-6-3-2-4-7-11/h2-4,6-7,12H,5,8-9H2,1H3/t12-/m1/s1. The van der Waals surface area contributed by atoms with Gasteiger partial charge < -0.3 is 9.15 Å². The van der Waals surface area contributed by atoms with E-state index in [1.165, 1.54) is 6.92 Å². The van der Waals surface area contributed by atoms with E-state index in [0.717, 1.165) is 45.5 Å². The number of esters is 1. The molecule has 1 aromatic heterocycles. The molecule has 0 aliphatic heterocycles. The Morgan fingerprint density at radius 2 is 2.10 bits per heavy atom. The summed E-state index contributed by atoms with van der Waals surface area (Å²) in [6.45, 7) is 1.46. The summed E-state index contributed by atoms with van der Waals surface area (Å²) in [5.41, 5.74) is 2.12. The van der Waals surface area contributed by atoms with Gasteiger partial charge in [-0.15, -0.1) is 0 Å². The Labute approximate surface area is 131 Å². The molecular weight excluding hydrogens is 367 g/mol. The van der Waals surface area contributed by atoms with Crippen LogP contribution in [0.1, 0.15) is 37.2 Å². The molecule has 0 amide bonds. The van der Waals surface area contributed by atoms with Crippen LogP contribution in [0.4, 0.5) is 0 Å². The number of fused-ring (bicyclic) bond motifs is 1. The molecule has 0 saturated carbocycles. The van der Waals surface area contributed by atoms with Gasteiger partial charge in [-0.3, -0.25) is 4.79 Å². The maximum absolute atomic E-state index is 11.3. The third-order valence-corrected chi connectivity index (χ3v) is 4.57. The van der Waals surface area contributed by atoms with Crippen LogP contribution < -0.4 is 0 Å². The average molecular weight is 382 g/mol. The summed E-state index contributed by atoms with van der Waals surface area (Å²) < 4.78 is 12.5. The number of aryl methyl sites for hydroxylation is 1. The largest absolute Gasteiger partial charge is 0.459 e. The Hall–Kier alpha value is -1.30. The number of ether oxygens (including phenoxy) is 1. The van der Waals surface area contributed by atoms with Crippen LogP contribution in [0, 0.1) is 3.57 Å². The molecule has 0 saturated heterocycles. The van der Waals surface area contributed by atoms with Gasteiger partial charge in [0.2, 0.25) is 0 Å². The van der Waals surface area contributed by atoms with Crippen LogP contribution >= 0.6 is 22.6 Å². The highest BCUT2D eigenvalue weighted by Crippen LogP contribution is 2.42. The van der Waals surface area contributed by atoms with Crippen molar-refractivity contribution in [3.8, 4) is 11.3 Å². The number of carbonyl (C=O) groups is 1. The minimum atomic E-state index is -0.235. The van der Waals surface area contributed by atoms with Crippen molar-refractivity contribution in [3.05, 3.63) is 45.2 Å². The highest BCUT2D eigenvalue weighted by Gasteiger charge is 2.31. The molecule has 2 aromatic rings. The lowest BCUT2D eigenvalue weighted by Crippen LogP contribution is -2.14. The van der Waals surface area contributed by atoms with Crippen molar-refractivity contribution in [2.75, 3.05) is 0 Å². The lowest BCUT2D eigenvalue weighted by molar-refractivity contribution is -0.147. The second-order valence-electron chi connectivity index (χ2n) is 4.94. The molecular formula is C16H15IO3. The molecule has 20 heavy (non-hydrogen) atoms. The van der Waals surface area contributed by atoms with Gasteiger partial charge in [0.15, 0.2) is 0 Å². The van der Waals surface area contributed by atoms with Gasteiger partial charge in [0, 0.05) is 24.5 Å². The smallest absolute Gasteiger partial charge is 0.303 e. The Morgan fingerprint density at radius 3 is 2.80 bits per heavy atom. The molecule has 4 heteroatoms. The molecule has 0 fully saturated rings. The van der Waals surface area contributed by atoms with Crippen molar-refractivity contribution in [1.29, 1.82) is 0 Å². The maximum atomic E-state index is 11.3. The minimum Gasteiger partial charge on any atom is -0.459 e. The Balaban J connectivity index is 2.05. The summed E-state index contributed by atoms with van der Waals surface area (Å²) in [6, 6.07) is 10.0. The van der Waals surface area contributed by atoms with Crippen LogP contribution in [0.25, 0.3) is 11.3 Å². The highest BCUT2D eigenvalue weighted by atomic mass is 127. The van der Waals surface area contributed by atoms with Gasteiger partial charge in [-0.25, -0.2) is 0 Å². The number of benzene rings is 1. The molecule has 1 aromatic carbocycles. The van der Waals surface area contributed by atoms with E-state index in [-0.39, 0.29) is 12.1 Å². The van der Waals surface area contributed by atoms with Crippen LogP contribution in [0.3, 0.4) is 0 Å². The first-order chi connectivity index (χ1) is 9.66. The maximum Gasteiger partial charge on any atom is 0.303 e. The van der Waals surface area contributed by atoms with Gasteiger partial charge in [0.05, 0.1) is 3.57 Å². The number of furan rings is 1.